The molecule has 1 saturated carbocycles. The van der Waals surface area contributed by atoms with Gasteiger partial charge in [0.15, 0.2) is 0 Å². The number of aromatic nitrogens is 1. The molecule has 1 aliphatic carbocycles. The second-order valence-electron chi connectivity index (χ2n) is 5.18. The lowest BCUT2D eigenvalue weighted by atomic mass is 10.0. The van der Waals surface area contributed by atoms with Crippen LogP contribution in [-0.4, -0.2) is 27.9 Å². The SMILES string of the molecule is Cc1nc(C(=O)N(C2CC2)C(C)C(C)C)cs1. The van der Waals surface area contributed by atoms with Gasteiger partial charge in [-0.3, -0.25) is 4.79 Å². The third kappa shape index (κ3) is 2.68. The molecule has 1 heterocycles. The lowest BCUT2D eigenvalue weighted by Gasteiger charge is -2.31. The molecular formula is C13H20N2OS. The molecule has 1 aromatic heterocycles. The smallest absolute Gasteiger partial charge is 0.273 e. The van der Waals surface area contributed by atoms with Gasteiger partial charge in [-0.1, -0.05) is 13.8 Å². The van der Waals surface area contributed by atoms with Gasteiger partial charge in [0.25, 0.3) is 5.91 Å². The van der Waals surface area contributed by atoms with Gasteiger partial charge in [0.05, 0.1) is 5.01 Å². The first-order chi connectivity index (χ1) is 8.00. The lowest BCUT2D eigenvalue weighted by molar-refractivity contribution is 0.0622. The molecule has 1 aliphatic rings. The number of thiazole rings is 1. The quantitative estimate of drug-likeness (QED) is 0.825. The molecule has 0 N–H and O–H groups in total. The number of hydrogen-bond acceptors (Lipinski definition) is 3. The molecule has 4 heteroatoms. The van der Waals surface area contributed by atoms with Gasteiger partial charge < -0.3 is 4.90 Å². The van der Waals surface area contributed by atoms with Gasteiger partial charge in [0, 0.05) is 17.5 Å². The summed E-state index contributed by atoms with van der Waals surface area (Å²) in [7, 11) is 0. The van der Waals surface area contributed by atoms with E-state index in [0.717, 1.165) is 17.8 Å². The number of amides is 1. The molecule has 1 unspecified atom stereocenters. The standard InChI is InChI=1S/C13H20N2OS/c1-8(2)9(3)15(11-5-6-11)13(16)12-7-17-10(4)14-12/h7-9,11H,5-6H2,1-4H3. The maximum absolute atomic E-state index is 12.5. The summed E-state index contributed by atoms with van der Waals surface area (Å²) in [6.45, 7) is 8.41. The maximum atomic E-state index is 12.5. The minimum Gasteiger partial charge on any atom is -0.331 e. The van der Waals surface area contributed by atoms with E-state index in [1.165, 1.54) is 0 Å². The molecule has 0 saturated heterocycles. The summed E-state index contributed by atoms with van der Waals surface area (Å²) in [5.41, 5.74) is 0.618. The average Bonchev–Trinajstić information content (AvgIpc) is 3.00. The second-order valence-corrected chi connectivity index (χ2v) is 6.24. The van der Waals surface area contributed by atoms with E-state index in [9.17, 15) is 4.79 Å². The number of rotatable bonds is 4. The van der Waals surface area contributed by atoms with Crippen LogP contribution < -0.4 is 0 Å². The molecule has 1 aromatic rings. The van der Waals surface area contributed by atoms with Gasteiger partial charge in [0.1, 0.15) is 5.69 Å². The lowest BCUT2D eigenvalue weighted by Crippen LogP contribution is -2.43. The summed E-state index contributed by atoms with van der Waals surface area (Å²) in [6, 6.07) is 0.735. The molecule has 0 spiro atoms. The summed E-state index contributed by atoms with van der Waals surface area (Å²) in [5.74, 6) is 0.595. The molecular weight excluding hydrogens is 232 g/mol. The fourth-order valence-corrected chi connectivity index (χ4v) is 2.54. The fraction of sp³-hybridized carbons (Fsp3) is 0.692. The fourth-order valence-electron chi connectivity index (χ4n) is 1.95. The highest BCUT2D eigenvalue weighted by Crippen LogP contribution is 2.32. The molecule has 2 rings (SSSR count). The maximum Gasteiger partial charge on any atom is 0.273 e. The second kappa shape index (κ2) is 4.77. The first-order valence-electron chi connectivity index (χ1n) is 6.25. The van der Waals surface area contributed by atoms with E-state index in [1.807, 2.05) is 17.2 Å². The van der Waals surface area contributed by atoms with Crippen molar-refractivity contribution in [1.82, 2.24) is 9.88 Å². The Labute approximate surface area is 107 Å². The molecule has 0 aliphatic heterocycles. The van der Waals surface area contributed by atoms with Crippen molar-refractivity contribution in [2.24, 2.45) is 5.92 Å². The normalized spacial score (nSPS) is 17.2. The summed E-state index contributed by atoms with van der Waals surface area (Å²) in [6.07, 6.45) is 2.29. The van der Waals surface area contributed by atoms with Crippen LogP contribution in [0.1, 0.15) is 49.1 Å². The highest BCUT2D eigenvalue weighted by Gasteiger charge is 2.37. The van der Waals surface area contributed by atoms with Gasteiger partial charge in [-0.25, -0.2) is 4.98 Å². The van der Waals surface area contributed by atoms with E-state index in [-0.39, 0.29) is 11.9 Å². The Morgan fingerprint density at radius 1 is 1.47 bits per heavy atom. The molecule has 1 amide bonds. The van der Waals surface area contributed by atoms with Crippen LogP contribution in [0.25, 0.3) is 0 Å². The molecule has 1 fully saturated rings. The average molecular weight is 252 g/mol. The zero-order valence-electron chi connectivity index (χ0n) is 10.9. The van der Waals surface area contributed by atoms with Crippen LogP contribution in [0.2, 0.25) is 0 Å². The number of nitrogens with zero attached hydrogens (tertiary/aromatic N) is 2. The van der Waals surface area contributed by atoms with Gasteiger partial charge in [-0.2, -0.15) is 0 Å². The summed E-state index contributed by atoms with van der Waals surface area (Å²) >= 11 is 1.54. The predicted molar refractivity (Wildman–Crippen MR) is 70.3 cm³/mol. The highest BCUT2D eigenvalue weighted by molar-refractivity contribution is 7.09. The minimum absolute atomic E-state index is 0.109. The summed E-state index contributed by atoms with van der Waals surface area (Å²) < 4.78 is 0. The van der Waals surface area contributed by atoms with Crippen LogP contribution in [0.5, 0.6) is 0 Å². The molecule has 1 atom stereocenters. The Hall–Kier alpha value is -0.900. The van der Waals surface area contributed by atoms with Crippen LogP contribution in [-0.2, 0) is 0 Å². The topological polar surface area (TPSA) is 33.2 Å². The van der Waals surface area contributed by atoms with Crippen molar-refractivity contribution in [2.75, 3.05) is 0 Å². The van der Waals surface area contributed by atoms with Crippen molar-refractivity contribution in [3.63, 3.8) is 0 Å². The van der Waals surface area contributed by atoms with Gasteiger partial charge in [-0.15, -0.1) is 11.3 Å². The van der Waals surface area contributed by atoms with Crippen LogP contribution >= 0.6 is 11.3 Å². The van der Waals surface area contributed by atoms with E-state index in [2.05, 4.69) is 25.8 Å². The van der Waals surface area contributed by atoms with E-state index in [4.69, 9.17) is 0 Å². The third-order valence-corrected chi connectivity index (χ3v) is 4.19. The van der Waals surface area contributed by atoms with E-state index in [0.29, 0.717) is 17.7 Å². The Balaban J connectivity index is 2.19. The number of carbonyl (C=O) groups is 1. The van der Waals surface area contributed by atoms with Gasteiger partial charge in [0.2, 0.25) is 0 Å². The number of aryl methyl sites for hydroxylation is 1. The van der Waals surface area contributed by atoms with Crippen LogP contribution in [0.15, 0.2) is 5.38 Å². The highest BCUT2D eigenvalue weighted by atomic mass is 32.1. The van der Waals surface area contributed by atoms with Crippen molar-refractivity contribution < 1.29 is 4.79 Å². The molecule has 17 heavy (non-hydrogen) atoms. The van der Waals surface area contributed by atoms with Crippen molar-refractivity contribution in [1.29, 1.82) is 0 Å². The zero-order chi connectivity index (χ0) is 12.6. The van der Waals surface area contributed by atoms with Crippen LogP contribution in [0.3, 0.4) is 0 Å². The van der Waals surface area contributed by atoms with Gasteiger partial charge >= 0.3 is 0 Å². The monoisotopic (exact) mass is 252 g/mol. The molecule has 94 valence electrons. The van der Waals surface area contributed by atoms with Crippen molar-refractivity contribution in [3.8, 4) is 0 Å². The van der Waals surface area contributed by atoms with Gasteiger partial charge in [-0.05, 0) is 32.6 Å². The third-order valence-electron chi connectivity index (χ3n) is 3.42. The summed E-state index contributed by atoms with van der Waals surface area (Å²) in [5, 5.41) is 2.83. The van der Waals surface area contributed by atoms with E-state index < -0.39 is 0 Å². The van der Waals surface area contributed by atoms with E-state index in [1.54, 1.807) is 11.3 Å². The Kier molecular flexibility index (Phi) is 3.52. The van der Waals surface area contributed by atoms with Crippen LogP contribution in [0.4, 0.5) is 0 Å². The largest absolute Gasteiger partial charge is 0.331 e. The Morgan fingerprint density at radius 2 is 2.12 bits per heavy atom. The van der Waals surface area contributed by atoms with Crippen molar-refractivity contribution >= 4 is 17.2 Å². The van der Waals surface area contributed by atoms with E-state index >= 15 is 0 Å². The molecule has 0 bridgehead atoms. The van der Waals surface area contributed by atoms with Crippen LogP contribution in [0, 0.1) is 12.8 Å². The number of carbonyl (C=O) groups excluding carboxylic acids is 1. The first-order valence-corrected chi connectivity index (χ1v) is 7.13. The van der Waals surface area contributed by atoms with Crippen molar-refractivity contribution in [2.45, 2.75) is 52.6 Å². The molecule has 0 aromatic carbocycles. The zero-order valence-corrected chi connectivity index (χ0v) is 11.8. The minimum atomic E-state index is 0.109. The Morgan fingerprint density at radius 3 is 2.53 bits per heavy atom. The molecule has 3 nitrogen and oxygen atoms in total. The number of hydrogen-bond donors (Lipinski definition) is 0. The summed E-state index contributed by atoms with van der Waals surface area (Å²) in [4.78, 5) is 18.8. The van der Waals surface area contributed by atoms with Crippen molar-refractivity contribution in [3.05, 3.63) is 16.1 Å². The first kappa shape index (κ1) is 12.6. The predicted octanol–water partition coefficient (Wildman–Crippen LogP) is 3.10. The molecule has 0 radical (unpaired) electrons. The Bertz CT molecular complexity index is 409.